The molecule has 8 heteroatoms. The van der Waals surface area contributed by atoms with Crippen molar-refractivity contribution in [2.45, 2.75) is 47.2 Å². The quantitative estimate of drug-likeness (QED) is 0.404. The second kappa shape index (κ2) is 10.5. The van der Waals surface area contributed by atoms with Gasteiger partial charge in [-0.15, -0.1) is 0 Å². The van der Waals surface area contributed by atoms with Crippen molar-refractivity contribution in [2.75, 3.05) is 32.7 Å². The number of H-pyrrole nitrogens is 1. The molecule has 5 rings (SSSR count). The van der Waals surface area contributed by atoms with Gasteiger partial charge in [0.1, 0.15) is 5.82 Å². The number of amides is 1. The molecule has 200 valence electrons. The number of carbonyl (C=O) groups excluding carboxylic acids is 1. The van der Waals surface area contributed by atoms with E-state index in [1.54, 1.807) is 0 Å². The van der Waals surface area contributed by atoms with Crippen LogP contribution in [0.2, 0.25) is 0 Å². The van der Waals surface area contributed by atoms with E-state index in [1.165, 1.54) is 0 Å². The van der Waals surface area contributed by atoms with Crippen molar-refractivity contribution < 1.29 is 4.79 Å². The molecule has 2 aliphatic rings. The summed E-state index contributed by atoms with van der Waals surface area (Å²) in [6.07, 6.45) is 6.44. The van der Waals surface area contributed by atoms with Gasteiger partial charge >= 0.3 is 0 Å². The molecule has 0 unspecified atom stereocenters. The van der Waals surface area contributed by atoms with Gasteiger partial charge in [-0.3, -0.25) is 9.59 Å². The molecule has 1 saturated heterocycles. The van der Waals surface area contributed by atoms with E-state index in [0.717, 1.165) is 70.9 Å². The molecule has 38 heavy (non-hydrogen) atoms. The van der Waals surface area contributed by atoms with Crippen LogP contribution in [0.1, 0.15) is 58.2 Å². The first-order valence-corrected chi connectivity index (χ1v) is 13.5. The zero-order chi connectivity index (χ0) is 27.0. The number of hydrogen-bond acceptors (Lipinski definition) is 5. The Labute approximate surface area is 223 Å². The third kappa shape index (κ3) is 5.00. The van der Waals surface area contributed by atoms with Gasteiger partial charge in [-0.05, 0) is 81.2 Å². The second-order valence-corrected chi connectivity index (χ2v) is 10.7. The summed E-state index contributed by atoms with van der Waals surface area (Å²) in [5.74, 6) is 0.969. The number of aryl methyl sites for hydroxylation is 3. The number of aromatic amines is 1. The highest BCUT2D eigenvalue weighted by atomic mass is 16.1. The van der Waals surface area contributed by atoms with Crippen LogP contribution in [-0.2, 0) is 6.54 Å². The minimum Gasteiger partial charge on any atom is -0.368 e. The summed E-state index contributed by atoms with van der Waals surface area (Å²) >= 11 is 0. The molecule has 1 fully saturated rings. The molecule has 0 spiro atoms. The molecule has 0 atom stereocenters. The maximum atomic E-state index is 13.7. The predicted molar refractivity (Wildman–Crippen MR) is 153 cm³/mol. The van der Waals surface area contributed by atoms with Gasteiger partial charge < -0.3 is 30.4 Å². The average molecular weight is 515 g/mol. The monoisotopic (exact) mass is 514 g/mol. The summed E-state index contributed by atoms with van der Waals surface area (Å²) in [5, 5.41) is 11.0. The van der Waals surface area contributed by atoms with Crippen molar-refractivity contribution in [3.63, 3.8) is 0 Å². The van der Waals surface area contributed by atoms with E-state index < -0.39 is 0 Å². The highest BCUT2D eigenvalue weighted by Crippen LogP contribution is 2.32. The number of fused-ring (bicyclic) bond motifs is 1. The molecular formula is C30H38N6O2. The lowest BCUT2D eigenvalue weighted by molar-refractivity contribution is 0.0952. The fourth-order valence-electron chi connectivity index (χ4n) is 5.55. The Bertz CT molecular complexity index is 1500. The van der Waals surface area contributed by atoms with Crippen molar-refractivity contribution in [1.29, 1.82) is 0 Å². The molecule has 0 aliphatic carbocycles. The third-order valence-electron chi connectivity index (χ3n) is 7.57. The zero-order valence-electron chi connectivity index (χ0n) is 23.0. The summed E-state index contributed by atoms with van der Waals surface area (Å²) in [7, 11) is 0. The van der Waals surface area contributed by atoms with Gasteiger partial charge in [-0.1, -0.05) is 6.08 Å². The lowest BCUT2D eigenvalue weighted by atomic mass is 9.96. The van der Waals surface area contributed by atoms with E-state index in [-0.39, 0.29) is 24.1 Å². The molecule has 2 aromatic heterocycles. The Kier molecular flexibility index (Phi) is 7.17. The summed E-state index contributed by atoms with van der Waals surface area (Å²) in [6.45, 7) is 15.0. The summed E-state index contributed by atoms with van der Waals surface area (Å²) in [5.41, 5.74) is 7.01. The molecule has 4 N–H and O–H groups in total. The van der Waals surface area contributed by atoms with Crippen LogP contribution in [0.3, 0.4) is 0 Å². The van der Waals surface area contributed by atoms with Crippen molar-refractivity contribution in [3.05, 3.63) is 86.2 Å². The minimum absolute atomic E-state index is 0.158. The number of benzene rings is 1. The molecule has 0 bridgehead atoms. The lowest BCUT2D eigenvalue weighted by Crippen LogP contribution is -2.46. The van der Waals surface area contributed by atoms with Gasteiger partial charge in [0.25, 0.3) is 11.5 Å². The predicted octanol–water partition coefficient (Wildman–Crippen LogP) is 3.50. The number of dihydropyridines is 1. The fourth-order valence-corrected chi connectivity index (χ4v) is 5.55. The van der Waals surface area contributed by atoms with Gasteiger partial charge in [0, 0.05) is 79.2 Å². The van der Waals surface area contributed by atoms with Crippen LogP contribution in [-0.4, -0.2) is 53.1 Å². The molecular weight excluding hydrogens is 476 g/mol. The Balaban J connectivity index is 1.51. The number of aromatic nitrogens is 2. The van der Waals surface area contributed by atoms with Crippen LogP contribution in [0, 0.1) is 20.8 Å². The Morgan fingerprint density at radius 1 is 1.05 bits per heavy atom. The zero-order valence-corrected chi connectivity index (χ0v) is 23.0. The standard InChI is InChI=1S/C30H38N6O2/c1-18(2)36-17-20(4)28-24(29(37)33-16-25-19(3)12-21(5)34-30(25)38)13-23(14-26(28)36)22-6-7-27(32-15-22)35-10-8-31-9-11-35/h6-7,12-14,17-18,31-32H,8-11,15-16H2,1-5H3,(H,33,37)(H,34,38). The van der Waals surface area contributed by atoms with Gasteiger partial charge in [0.05, 0.1) is 0 Å². The van der Waals surface area contributed by atoms with E-state index in [2.05, 4.69) is 75.6 Å². The lowest BCUT2D eigenvalue weighted by Gasteiger charge is -2.33. The number of carbonyl (C=O) groups is 1. The van der Waals surface area contributed by atoms with Crippen LogP contribution >= 0.6 is 0 Å². The summed E-state index contributed by atoms with van der Waals surface area (Å²) < 4.78 is 2.23. The van der Waals surface area contributed by atoms with Gasteiger partial charge in [0.2, 0.25) is 0 Å². The summed E-state index contributed by atoms with van der Waals surface area (Å²) in [6, 6.07) is 6.38. The Morgan fingerprint density at radius 2 is 1.82 bits per heavy atom. The van der Waals surface area contributed by atoms with Crippen LogP contribution in [0.25, 0.3) is 16.5 Å². The Hall–Kier alpha value is -3.78. The van der Waals surface area contributed by atoms with Crippen molar-refractivity contribution in [3.8, 4) is 0 Å². The Morgan fingerprint density at radius 3 is 2.47 bits per heavy atom. The normalized spacial score (nSPS) is 15.9. The highest BCUT2D eigenvalue weighted by molar-refractivity contribution is 6.09. The number of piperazine rings is 1. The molecule has 0 radical (unpaired) electrons. The van der Waals surface area contributed by atoms with E-state index in [9.17, 15) is 9.59 Å². The van der Waals surface area contributed by atoms with Crippen LogP contribution < -0.4 is 21.5 Å². The molecule has 0 saturated carbocycles. The van der Waals surface area contributed by atoms with Crippen LogP contribution in [0.15, 0.2) is 47.2 Å². The minimum atomic E-state index is -0.178. The maximum Gasteiger partial charge on any atom is 0.253 e. The number of pyridine rings is 1. The molecule has 4 heterocycles. The number of nitrogens with zero attached hydrogens (tertiary/aromatic N) is 2. The second-order valence-electron chi connectivity index (χ2n) is 10.7. The number of rotatable bonds is 6. The molecule has 8 nitrogen and oxygen atoms in total. The van der Waals surface area contributed by atoms with E-state index in [0.29, 0.717) is 17.7 Å². The molecule has 2 aliphatic heterocycles. The van der Waals surface area contributed by atoms with Crippen LogP contribution in [0.4, 0.5) is 0 Å². The summed E-state index contributed by atoms with van der Waals surface area (Å²) in [4.78, 5) is 31.4. The first kappa shape index (κ1) is 25.9. The third-order valence-corrected chi connectivity index (χ3v) is 7.57. The molecule has 3 aromatic rings. The van der Waals surface area contributed by atoms with Crippen molar-refractivity contribution in [1.82, 2.24) is 30.4 Å². The van der Waals surface area contributed by atoms with Crippen molar-refractivity contribution in [2.24, 2.45) is 0 Å². The van der Waals surface area contributed by atoms with Crippen molar-refractivity contribution >= 4 is 22.4 Å². The molecule has 1 amide bonds. The van der Waals surface area contributed by atoms with Gasteiger partial charge in [-0.25, -0.2) is 0 Å². The first-order valence-electron chi connectivity index (χ1n) is 13.5. The van der Waals surface area contributed by atoms with E-state index in [4.69, 9.17) is 0 Å². The van der Waals surface area contributed by atoms with E-state index in [1.807, 2.05) is 26.0 Å². The van der Waals surface area contributed by atoms with Crippen LogP contribution in [0.5, 0.6) is 0 Å². The fraction of sp³-hybridized carbons (Fsp3) is 0.400. The SMILES string of the molecule is Cc1cc(C)c(CNC(=O)c2cc(C3=CC=C(N4CCNCC4)NC3)cc3c2c(C)cn3C(C)C)c(=O)[nH]1. The average Bonchev–Trinajstić information content (AvgIpc) is 3.24. The molecule has 1 aromatic carbocycles. The number of nitrogens with one attached hydrogen (secondary N) is 4. The highest BCUT2D eigenvalue weighted by Gasteiger charge is 2.21. The van der Waals surface area contributed by atoms with E-state index >= 15 is 0 Å². The largest absolute Gasteiger partial charge is 0.368 e. The van der Waals surface area contributed by atoms with Gasteiger partial charge in [-0.2, -0.15) is 0 Å². The first-order chi connectivity index (χ1) is 18.2. The van der Waals surface area contributed by atoms with Gasteiger partial charge in [0.15, 0.2) is 0 Å². The topological polar surface area (TPSA) is 94.2 Å². The maximum absolute atomic E-state index is 13.7. The number of hydrogen-bond donors (Lipinski definition) is 4. The number of allylic oxidation sites excluding steroid dienone is 2. The smallest absolute Gasteiger partial charge is 0.253 e.